The Bertz CT molecular complexity index is 112. The first kappa shape index (κ1) is 23.1. The highest BCUT2D eigenvalue weighted by molar-refractivity contribution is 5.85. The smallest absolute Gasteiger partial charge is 0.0967 e. The van der Waals surface area contributed by atoms with Crippen LogP contribution < -0.4 is 0 Å². The van der Waals surface area contributed by atoms with Gasteiger partial charge in [-0.05, 0) is 0 Å². The summed E-state index contributed by atoms with van der Waals surface area (Å²) in [7, 11) is 0. The topological polar surface area (TPSA) is 91.6 Å². The maximum atomic E-state index is 8.40. The minimum atomic E-state index is -0.179. The molecular weight excluding hydrogens is 266 g/mol. The molecule has 0 rings (SSSR count). The van der Waals surface area contributed by atoms with Gasteiger partial charge in [0.2, 0.25) is 0 Å². The molecule has 0 unspecified atom stereocenters. The van der Waals surface area contributed by atoms with Gasteiger partial charge >= 0.3 is 0 Å². The standard InChI is InChI=1S/C6H15NO6.C4H10.ClH/c8-1-4-11-7(12-5-2-9)13-6-3-10;1-3-4-2;/h8-10H,1-6H2;3-4H2,1-2H3;1H. The van der Waals surface area contributed by atoms with E-state index in [4.69, 9.17) is 29.8 Å². The molecule has 0 radical (unpaired) electrons. The van der Waals surface area contributed by atoms with Crippen molar-refractivity contribution in [1.82, 2.24) is 5.39 Å². The van der Waals surface area contributed by atoms with Gasteiger partial charge in [-0.1, -0.05) is 26.7 Å². The fourth-order valence-electron chi connectivity index (χ4n) is 0.458. The van der Waals surface area contributed by atoms with Crippen LogP contribution in [0.4, 0.5) is 0 Å². The van der Waals surface area contributed by atoms with Crippen molar-refractivity contribution in [2.45, 2.75) is 26.7 Å². The van der Waals surface area contributed by atoms with Gasteiger partial charge in [-0.25, -0.2) is 14.5 Å². The third-order valence-corrected chi connectivity index (χ3v) is 1.36. The van der Waals surface area contributed by atoms with Gasteiger partial charge in [-0.2, -0.15) is 0 Å². The summed E-state index contributed by atoms with van der Waals surface area (Å²) in [6, 6.07) is 0. The van der Waals surface area contributed by atoms with Gasteiger partial charge in [0, 0.05) is 0 Å². The minimum Gasteiger partial charge on any atom is -0.394 e. The van der Waals surface area contributed by atoms with Crippen molar-refractivity contribution in [3.8, 4) is 0 Å². The van der Waals surface area contributed by atoms with Crippen molar-refractivity contribution < 1.29 is 29.8 Å². The first-order valence-electron chi connectivity index (χ1n) is 5.78. The Morgan fingerprint density at radius 2 is 1.00 bits per heavy atom. The van der Waals surface area contributed by atoms with E-state index < -0.39 is 0 Å². The van der Waals surface area contributed by atoms with E-state index in [1.807, 2.05) is 0 Å². The van der Waals surface area contributed by atoms with Gasteiger partial charge in [-0.3, -0.25) is 0 Å². The van der Waals surface area contributed by atoms with E-state index in [-0.39, 0.29) is 52.0 Å². The average Bonchev–Trinajstić information content (AvgIpc) is 2.38. The molecule has 0 atom stereocenters. The third-order valence-electron chi connectivity index (χ3n) is 1.36. The molecule has 0 aromatic rings. The Hall–Kier alpha value is 0.01000. The molecule has 0 aliphatic carbocycles. The second-order valence-corrected chi connectivity index (χ2v) is 2.89. The van der Waals surface area contributed by atoms with Crippen LogP contribution in [0, 0.1) is 0 Å². The molecule has 0 aliphatic heterocycles. The van der Waals surface area contributed by atoms with Gasteiger partial charge in [0.25, 0.3) is 0 Å². The number of halogens is 1. The molecule has 0 aromatic heterocycles. The molecule has 0 aromatic carbocycles. The highest BCUT2D eigenvalue weighted by Crippen LogP contribution is 1.93. The molecular formula is C10H26ClNO6. The molecule has 0 spiro atoms. The number of hydrogen-bond donors (Lipinski definition) is 3. The molecule has 0 amide bonds. The van der Waals surface area contributed by atoms with Crippen LogP contribution in [0.5, 0.6) is 0 Å². The summed E-state index contributed by atoms with van der Waals surface area (Å²) in [5.41, 5.74) is 0. The van der Waals surface area contributed by atoms with E-state index in [0.29, 0.717) is 5.39 Å². The van der Waals surface area contributed by atoms with Crippen molar-refractivity contribution in [3.05, 3.63) is 0 Å². The van der Waals surface area contributed by atoms with E-state index in [9.17, 15) is 0 Å². The molecule has 18 heavy (non-hydrogen) atoms. The molecule has 0 bridgehead atoms. The Morgan fingerprint density at radius 1 is 0.722 bits per heavy atom. The van der Waals surface area contributed by atoms with Crippen LogP contribution in [0.15, 0.2) is 0 Å². The van der Waals surface area contributed by atoms with E-state index in [2.05, 4.69) is 13.8 Å². The fraction of sp³-hybridized carbons (Fsp3) is 1.00. The molecule has 8 heteroatoms. The van der Waals surface area contributed by atoms with Crippen LogP contribution in [-0.2, 0) is 14.5 Å². The quantitative estimate of drug-likeness (QED) is 0.498. The maximum Gasteiger partial charge on any atom is 0.0967 e. The molecule has 7 nitrogen and oxygen atoms in total. The van der Waals surface area contributed by atoms with Crippen molar-refractivity contribution in [1.29, 1.82) is 0 Å². The van der Waals surface area contributed by atoms with Crippen LogP contribution in [0.3, 0.4) is 0 Å². The van der Waals surface area contributed by atoms with Crippen LogP contribution in [0.1, 0.15) is 26.7 Å². The summed E-state index contributed by atoms with van der Waals surface area (Å²) in [5.74, 6) is 0. The zero-order chi connectivity index (χ0) is 13.4. The molecule has 114 valence electrons. The highest BCUT2D eigenvalue weighted by Gasteiger charge is 2.05. The lowest BCUT2D eigenvalue weighted by atomic mass is 10.4. The number of aliphatic hydroxyl groups is 3. The first-order chi connectivity index (χ1) is 8.26. The van der Waals surface area contributed by atoms with Gasteiger partial charge in [0.05, 0.1) is 45.0 Å². The maximum absolute atomic E-state index is 8.40. The normalized spacial score (nSPS) is 9.67. The Balaban J connectivity index is -0.000000392. The monoisotopic (exact) mass is 291 g/mol. The van der Waals surface area contributed by atoms with Gasteiger partial charge in [-0.15, -0.1) is 12.4 Å². The van der Waals surface area contributed by atoms with Crippen molar-refractivity contribution >= 4 is 12.4 Å². The van der Waals surface area contributed by atoms with Crippen molar-refractivity contribution in [3.63, 3.8) is 0 Å². The first-order valence-corrected chi connectivity index (χ1v) is 5.78. The number of aliphatic hydroxyl groups excluding tert-OH is 3. The summed E-state index contributed by atoms with van der Waals surface area (Å²) in [6.45, 7) is 3.86. The highest BCUT2D eigenvalue weighted by atomic mass is 35.5. The van der Waals surface area contributed by atoms with E-state index in [0.717, 1.165) is 0 Å². The Kier molecular flexibility index (Phi) is 28.5. The Labute approximate surface area is 115 Å². The minimum absolute atomic E-state index is 0. The predicted molar refractivity (Wildman–Crippen MR) is 68.8 cm³/mol. The summed E-state index contributed by atoms with van der Waals surface area (Å²) in [6.07, 6.45) is 2.64. The molecule has 0 saturated carbocycles. The summed E-state index contributed by atoms with van der Waals surface area (Å²) in [4.78, 5) is 14.1. The zero-order valence-corrected chi connectivity index (χ0v) is 11.9. The lowest BCUT2D eigenvalue weighted by Gasteiger charge is -2.17. The Morgan fingerprint density at radius 3 is 1.17 bits per heavy atom. The summed E-state index contributed by atoms with van der Waals surface area (Å²) < 4.78 is 0. The zero-order valence-electron chi connectivity index (χ0n) is 11.1. The number of hydrogen-bond acceptors (Lipinski definition) is 7. The second-order valence-electron chi connectivity index (χ2n) is 2.89. The fourth-order valence-corrected chi connectivity index (χ4v) is 0.458. The third kappa shape index (κ3) is 21.3. The van der Waals surface area contributed by atoms with Crippen LogP contribution in [0.2, 0.25) is 0 Å². The molecule has 0 aliphatic rings. The number of rotatable bonds is 10. The summed E-state index contributed by atoms with van der Waals surface area (Å²) in [5, 5.41) is 25.9. The average molecular weight is 292 g/mol. The van der Waals surface area contributed by atoms with Crippen LogP contribution >= 0.6 is 12.4 Å². The molecule has 3 N–H and O–H groups in total. The predicted octanol–water partition coefficient (Wildman–Crippen LogP) is 0.288. The van der Waals surface area contributed by atoms with Crippen molar-refractivity contribution in [2.24, 2.45) is 0 Å². The van der Waals surface area contributed by atoms with E-state index in [1.165, 1.54) is 12.8 Å². The SMILES string of the molecule is CCCC.Cl.OCCON(OCCO)OCCO. The largest absolute Gasteiger partial charge is 0.394 e. The van der Waals surface area contributed by atoms with Gasteiger partial charge < -0.3 is 15.3 Å². The molecule has 0 fully saturated rings. The van der Waals surface area contributed by atoms with Gasteiger partial charge in [0.15, 0.2) is 0 Å². The van der Waals surface area contributed by atoms with Crippen LogP contribution in [-0.4, -0.2) is 60.4 Å². The van der Waals surface area contributed by atoms with Crippen LogP contribution in [0.25, 0.3) is 0 Å². The lowest BCUT2D eigenvalue weighted by Crippen LogP contribution is -2.28. The lowest BCUT2D eigenvalue weighted by molar-refractivity contribution is -0.527. The van der Waals surface area contributed by atoms with E-state index >= 15 is 0 Å². The van der Waals surface area contributed by atoms with Gasteiger partial charge in [0.1, 0.15) is 0 Å². The summed E-state index contributed by atoms with van der Waals surface area (Å²) >= 11 is 0. The second kappa shape index (κ2) is 22.2. The molecule has 0 saturated heterocycles. The van der Waals surface area contributed by atoms with E-state index in [1.54, 1.807) is 0 Å². The number of nitrogens with zero attached hydrogens (tertiary/aromatic N) is 1. The van der Waals surface area contributed by atoms with Crippen molar-refractivity contribution in [2.75, 3.05) is 39.6 Å². The molecule has 0 heterocycles. The number of unbranched alkanes of at least 4 members (excludes halogenated alkanes) is 1.